The number of hydrogen-bond acceptors (Lipinski definition) is 6. The van der Waals surface area contributed by atoms with Gasteiger partial charge in [0.25, 0.3) is 0 Å². The maximum Gasteiger partial charge on any atom is 0.246 e. The zero-order chi connectivity index (χ0) is 18.9. The minimum atomic E-state index is -3.85. The predicted molar refractivity (Wildman–Crippen MR) is 97.1 cm³/mol. The molecule has 4 rings (SSSR count). The molecule has 9 heteroatoms. The molecule has 0 atom stereocenters. The highest BCUT2D eigenvalue weighted by Gasteiger charge is 2.30. The number of sulfonamides is 1. The van der Waals surface area contributed by atoms with Crippen LogP contribution >= 0.6 is 0 Å². The third-order valence-corrected chi connectivity index (χ3v) is 6.37. The van der Waals surface area contributed by atoms with Crippen LogP contribution < -0.4 is 4.90 Å². The van der Waals surface area contributed by atoms with Crippen LogP contribution in [0.3, 0.4) is 0 Å². The summed E-state index contributed by atoms with van der Waals surface area (Å²) in [5, 5.41) is 8.36. The molecule has 1 aliphatic heterocycles. The molecule has 3 aromatic rings. The third kappa shape index (κ3) is 3.43. The average molecular weight is 388 g/mol. The molecule has 0 bridgehead atoms. The van der Waals surface area contributed by atoms with E-state index >= 15 is 0 Å². The van der Waals surface area contributed by atoms with Crippen LogP contribution in [-0.2, 0) is 10.0 Å². The van der Waals surface area contributed by atoms with E-state index in [1.54, 1.807) is 18.4 Å². The van der Waals surface area contributed by atoms with Gasteiger partial charge in [0.05, 0.1) is 6.26 Å². The van der Waals surface area contributed by atoms with E-state index in [1.807, 2.05) is 17.0 Å². The lowest BCUT2D eigenvalue weighted by Gasteiger charge is -2.34. The molecule has 1 saturated heterocycles. The van der Waals surface area contributed by atoms with E-state index in [9.17, 15) is 12.8 Å². The highest BCUT2D eigenvalue weighted by Crippen LogP contribution is 2.23. The summed E-state index contributed by atoms with van der Waals surface area (Å²) >= 11 is 0. The highest BCUT2D eigenvalue weighted by atomic mass is 32.2. The number of hydrogen-bond donors (Lipinski definition) is 0. The summed E-state index contributed by atoms with van der Waals surface area (Å²) in [5.74, 6) is 0.558. The second-order valence-corrected chi connectivity index (χ2v) is 7.98. The fraction of sp³-hybridized carbons (Fsp3) is 0.222. The minimum absolute atomic E-state index is 0.248. The summed E-state index contributed by atoms with van der Waals surface area (Å²) < 4.78 is 45.8. The molecule has 0 unspecified atom stereocenters. The van der Waals surface area contributed by atoms with Gasteiger partial charge in [-0.3, -0.25) is 0 Å². The normalized spacial score (nSPS) is 15.8. The standard InChI is InChI=1S/C18H17FN4O3S/c19-14-4-1-2-6-17(14)27(24,25)23-11-9-22(10-12-23)18-8-7-15(20-21-18)16-5-3-13-26-16/h1-8,13H,9-12H2. The zero-order valence-corrected chi connectivity index (χ0v) is 15.1. The molecule has 3 heterocycles. The van der Waals surface area contributed by atoms with Gasteiger partial charge in [0, 0.05) is 26.2 Å². The SMILES string of the molecule is O=S(=O)(c1ccccc1F)N1CCN(c2ccc(-c3ccco3)nn2)CC1. The van der Waals surface area contributed by atoms with E-state index in [2.05, 4.69) is 10.2 Å². The monoisotopic (exact) mass is 388 g/mol. The lowest BCUT2D eigenvalue weighted by molar-refractivity contribution is 0.381. The highest BCUT2D eigenvalue weighted by molar-refractivity contribution is 7.89. The molecule has 0 spiro atoms. The van der Waals surface area contributed by atoms with Crippen molar-refractivity contribution < 1.29 is 17.2 Å². The second kappa shape index (κ2) is 7.09. The van der Waals surface area contributed by atoms with Crippen LogP contribution in [0.1, 0.15) is 0 Å². The quantitative estimate of drug-likeness (QED) is 0.683. The first kappa shape index (κ1) is 17.6. The predicted octanol–water partition coefficient (Wildman–Crippen LogP) is 2.39. The summed E-state index contributed by atoms with van der Waals surface area (Å²) in [6.45, 7) is 1.39. The molecular weight excluding hydrogens is 371 g/mol. The molecule has 0 amide bonds. The Morgan fingerprint density at radius 1 is 0.926 bits per heavy atom. The topological polar surface area (TPSA) is 79.5 Å². The van der Waals surface area contributed by atoms with E-state index < -0.39 is 15.8 Å². The van der Waals surface area contributed by atoms with Crippen molar-refractivity contribution in [3.8, 4) is 11.5 Å². The molecule has 27 heavy (non-hydrogen) atoms. The number of aromatic nitrogens is 2. The van der Waals surface area contributed by atoms with E-state index in [4.69, 9.17) is 4.42 Å². The molecule has 0 radical (unpaired) electrons. The molecule has 1 aliphatic rings. The second-order valence-electron chi connectivity index (χ2n) is 6.08. The number of benzene rings is 1. The van der Waals surface area contributed by atoms with Crippen molar-refractivity contribution in [3.63, 3.8) is 0 Å². The smallest absolute Gasteiger partial charge is 0.246 e. The van der Waals surface area contributed by atoms with Gasteiger partial charge in [0.15, 0.2) is 11.6 Å². The molecular formula is C18H17FN4O3S. The Bertz CT molecular complexity index is 1020. The van der Waals surface area contributed by atoms with Crippen LogP contribution in [0.15, 0.2) is 64.1 Å². The lowest BCUT2D eigenvalue weighted by atomic mass is 10.3. The van der Waals surface area contributed by atoms with Crippen LogP contribution in [0.5, 0.6) is 0 Å². The Morgan fingerprint density at radius 3 is 2.33 bits per heavy atom. The van der Waals surface area contributed by atoms with Crippen molar-refractivity contribution in [1.29, 1.82) is 0 Å². The average Bonchev–Trinajstić information content (AvgIpc) is 3.23. The Kier molecular flexibility index (Phi) is 4.63. The van der Waals surface area contributed by atoms with Crippen LogP contribution in [0, 0.1) is 5.82 Å². The van der Waals surface area contributed by atoms with E-state index in [1.165, 1.54) is 22.5 Å². The Hall–Kier alpha value is -2.78. The van der Waals surface area contributed by atoms with Crippen LogP contribution in [0.2, 0.25) is 0 Å². The molecule has 1 aromatic carbocycles. The van der Waals surface area contributed by atoms with Crippen molar-refractivity contribution in [1.82, 2.24) is 14.5 Å². The van der Waals surface area contributed by atoms with Crippen molar-refractivity contribution in [3.05, 3.63) is 60.6 Å². The molecule has 2 aromatic heterocycles. The van der Waals surface area contributed by atoms with Gasteiger partial charge in [-0.05, 0) is 36.4 Å². The van der Waals surface area contributed by atoms with Crippen molar-refractivity contribution in [2.24, 2.45) is 0 Å². The van der Waals surface area contributed by atoms with Gasteiger partial charge in [-0.2, -0.15) is 4.31 Å². The number of piperazine rings is 1. The fourth-order valence-corrected chi connectivity index (χ4v) is 4.49. The number of rotatable bonds is 4. The maximum absolute atomic E-state index is 13.9. The summed E-state index contributed by atoms with van der Waals surface area (Å²) in [6.07, 6.45) is 1.57. The number of nitrogens with zero attached hydrogens (tertiary/aromatic N) is 4. The minimum Gasteiger partial charge on any atom is -0.463 e. The summed E-state index contributed by atoms with van der Waals surface area (Å²) in [5.41, 5.74) is 0.629. The van der Waals surface area contributed by atoms with Gasteiger partial charge in [0.2, 0.25) is 10.0 Å². The number of anilines is 1. The zero-order valence-electron chi connectivity index (χ0n) is 14.3. The van der Waals surface area contributed by atoms with E-state index in [-0.39, 0.29) is 18.0 Å². The first-order chi connectivity index (χ1) is 13.1. The van der Waals surface area contributed by atoms with E-state index in [0.717, 1.165) is 6.07 Å². The van der Waals surface area contributed by atoms with Gasteiger partial charge >= 0.3 is 0 Å². The van der Waals surface area contributed by atoms with Crippen LogP contribution in [0.4, 0.5) is 10.2 Å². The third-order valence-electron chi connectivity index (χ3n) is 4.44. The van der Waals surface area contributed by atoms with Gasteiger partial charge in [0.1, 0.15) is 16.4 Å². The Balaban J connectivity index is 1.45. The number of furan rings is 1. The molecule has 7 nitrogen and oxygen atoms in total. The molecule has 1 fully saturated rings. The summed E-state index contributed by atoms with van der Waals surface area (Å²) in [4.78, 5) is 1.66. The first-order valence-corrected chi connectivity index (χ1v) is 9.87. The van der Waals surface area contributed by atoms with Crippen molar-refractivity contribution in [2.45, 2.75) is 4.90 Å². The van der Waals surface area contributed by atoms with Crippen LogP contribution in [-0.4, -0.2) is 49.1 Å². The van der Waals surface area contributed by atoms with Crippen molar-refractivity contribution in [2.75, 3.05) is 31.1 Å². The van der Waals surface area contributed by atoms with Crippen LogP contribution in [0.25, 0.3) is 11.5 Å². The Labute approximate surface area is 156 Å². The van der Waals surface area contributed by atoms with Gasteiger partial charge in [-0.25, -0.2) is 12.8 Å². The number of halogens is 1. The fourth-order valence-electron chi connectivity index (χ4n) is 3.00. The Morgan fingerprint density at radius 2 is 1.70 bits per heavy atom. The molecule has 0 saturated carbocycles. The van der Waals surface area contributed by atoms with Gasteiger partial charge in [-0.15, -0.1) is 10.2 Å². The van der Waals surface area contributed by atoms with Crippen molar-refractivity contribution >= 4 is 15.8 Å². The maximum atomic E-state index is 13.9. The summed E-state index contributed by atoms with van der Waals surface area (Å²) in [6, 6.07) is 12.6. The van der Waals surface area contributed by atoms with Gasteiger partial charge in [-0.1, -0.05) is 12.1 Å². The summed E-state index contributed by atoms with van der Waals surface area (Å²) in [7, 11) is -3.85. The molecule has 0 aliphatic carbocycles. The van der Waals surface area contributed by atoms with E-state index in [0.29, 0.717) is 30.4 Å². The largest absolute Gasteiger partial charge is 0.463 e. The lowest BCUT2D eigenvalue weighted by Crippen LogP contribution is -2.49. The first-order valence-electron chi connectivity index (χ1n) is 8.43. The molecule has 0 N–H and O–H groups in total. The van der Waals surface area contributed by atoms with Gasteiger partial charge < -0.3 is 9.32 Å². The molecule has 140 valence electrons.